The molecule has 3 aromatic heterocycles. The first-order valence-electron chi connectivity index (χ1n) is 6.17. The molecule has 0 fully saturated rings. The third-order valence-corrected chi connectivity index (χ3v) is 4.62. The standard InChI is InChI=1S/C12H13N5OS2/c1-3-8-15-12(20-16-8)17(2)6-9-13-7-4-5-19-10(7)11(18)14-9/h4-5H,3,6H2,1-2H3,(H,13,14,18). The van der Waals surface area contributed by atoms with Gasteiger partial charge in [0.25, 0.3) is 5.56 Å². The molecule has 0 bridgehead atoms. The van der Waals surface area contributed by atoms with Gasteiger partial charge in [-0.1, -0.05) is 6.92 Å². The fourth-order valence-electron chi connectivity index (χ4n) is 1.83. The molecule has 8 heteroatoms. The lowest BCUT2D eigenvalue weighted by molar-refractivity contribution is 0.831. The van der Waals surface area contributed by atoms with Gasteiger partial charge < -0.3 is 9.88 Å². The molecular formula is C12H13N5OS2. The smallest absolute Gasteiger partial charge is 0.268 e. The summed E-state index contributed by atoms with van der Waals surface area (Å²) >= 11 is 2.76. The molecule has 0 saturated heterocycles. The summed E-state index contributed by atoms with van der Waals surface area (Å²) in [4.78, 5) is 25.5. The van der Waals surface area contributed by atoms with E-state index in [9.17, 15) is 4.79 Å². The SMILES string of the molecule is CCc1nsc(N(C)Cc2nc3ccsc3c(=O)[nH]2)n1. The van der Waals surface area contributed by atoms with Gasteiger partial charge in [-0.25, -0.2) is 9.97 Å². The predicted octanol–water partition coefficient (Wildman–Crippen LogP) is 2.03. The summed E-state index contributed by atoms with van der Waals surface area (Å²) in [5.41, 5.74) is 0.661. The van der Waals surface area contributed by atoms with E-state index in [1.807, 2.05) is 30.3 Å². The zero-order valence-electron chi connectivity index (χ0n) is 11.1. The Bertz CT molecular complexity index is 790. The van der Waals surface area contributed by atoms with Crippen molar-refractivity contribution in [2.45, 2.75) is 19.9 Å². The van der Waals surface area contributed by atoms with E-state index in [4.69, 9.17) is 0 Å². The number of aromatic nitrogens is 4. The van der Waals surface area contributed by atoms with Crippen LogP contribution in [0.1, 0.15) is 18.6 Å². The first-order chi connectivity index (χ1) is 9.67. The molecule has 0 aliphatic heterocycles. The van der Waals surface area contributed by atoms with Crippen molar-refractivity contribution in [3.63, 3.8) is 0 Å². The maximum absolute atomic E-state index is 11.9. The van der Waals surface area contributed by atoms with Crippen molar-refractivity contribution < 1.29 is 0 Å². The molecule has 0 aliphatic carbocycles. The minimum absolute atomic E-state index is 0.0834. The molecule has 3 rings (SSSR count). The van der Waals surface area contributed by atoms with Gasteiger partial charge in [0, 0.05) is 25.0 Å². The Morgan fingerprint density at radius 3 is 3.00 bits per heavy atom. The highest BCUT2D eigenvalue weighted by Crippen LogP contribution is 2.18. The zero-order valence-corrected chi connectivity index (χ0v) is 12.7. The Hall–Kier alpha value is -1.80. The van der Waals surface area contributed by atoms with E-state index in [1.54, 1.807) is 0 Å². The molecule has 1 N–H and O–H groups in total. The fraction of sp³-hybridized carbons (Fsp3) is 0.333. The molecule has 0 aromatic carbocycles. The Morgan fingerprint density at radius 1 is 1.40 bits per heavy atom. The second-order valence-corrected chi connectivity index (χ2v) is 6.00. The summed E-state index contributed by atoms with van der Waals surface area (Å²) in [6.45, 7) is 2.52. The number of anilines is 1. The van der Waals surface area contributed by atoms with Crippen LogP contribution in [-0.4, -0.2) is 26.4 Å². The summed E-state index contributed by atoms with van der Waals surface area (Å²) < 4.78 is 4.92. The van der Waals surface area contributed by atoms with Gasteiger partial charge in [0.1, 0.15) is 16.3 Å². The largest absolute Gasteiger partial charge is 0.342 e. The van der Waals surface area contributed by atoms with E-state index in [2.05, 4.69) is 19.3 Å². The van der Waals surface area contributed by atoms with E-state index in [0.717, 1.165) is 22.9 Å². The molecule has 3 aromatic rings. The third-order valence-electron chi connectivity index (χ3n) is 2.85. The van der Waals surface area contributed by atoms with E-state index in [0.29, 0.717) is 17.1 Å². The number of fused-ring (bicyclic) bond motifs is 1. The summed E-state index contributed by atoms with van der Waals surface area (Å²) in [5, 5.41) is 2.70. The number of rotatable bonds is 4. The van der Waals surface area contributed by atoms with Crippen LogP contribution in [0.2, 0.25) is 0 Å². The Balaban J connectivity index is 1.86. The van der Waals surface area contributed by atoms with Gasteiger partial charge in [0.15, 0.2) is 0 Å². The minimum atomic E-state index is -0.0834. The topological polar surface area (TPSA) is 74.8 Å². The number of thiophene rings is 1. The van der Waals surface area contributed by atoms with Gasteiger partial charge in [0.05, 0.1) is 12.1 Å². The average molecular weight is 307 g/mol. The fourth-order valence-corrected chi connectivity index (χ4v) is 3.26. The minimum Gasteiger partial charge on any atom is -0.342 e. The molecule has 6 nitrogen and oxygen atoms in total. The molecule has 0 atom stereocenters. The Morgan fingerprint density at radius 2 is 2.25 bits per heavy atom. The molecule has 0 aliphatic rings. The van der Waals surface area contributed by atoms with Gasteiger partial charge in [-0.05, 0) is 11.4 Å². The zero-order chi connectivity index (χ0) is 14.1. The number of nitrogens with zero attached hydrogens (tertiary/aromatic N) is 4. The molecule has 20 heavy (non-hydrogen) atoms. The molecule has 0 saturated carbocycles. The molecule has 0 spiro atoms. The number of hydrogen-bond acceptors (Lipinski definition) is 7. The van der Waals surface area contributed by atoms with Crippen LogP contribution < -0.4 is 10.5 Å². The van der Waals surface area contributed by atoms with Crippen LogP contribution in [0.15, 0.2) is 16.2 Å². The van der Waals surface area contributed by atoms with Gasteiger partial charge in [0.2, 0.25) is 5.13 Å². The maximum Gasteiger partial charge on any atom is 0.268 e. The van der Waals surface area contributed by atoms with Crippen LogP contribution in [0, 0.1) is 0 Å². The van der Waals surface area contributed by atoms with Crippen LogP contribution >= 0.6 is 22.9 Å². The second kappa shape index (κ2) is 5.29. The first kappa shape index (κ1) is 13.2. The normalized spacial score (nSPS) is 11.1. The lowest BCUT2D eigenvalue weighted by Crippen LogP contribution is -2.21. The maximum atomic E-state index is 11.9. The monoisotopic (exact) mass is 307 g/mol. The highest BCUT2D eigenvalue weighted by Gasteiger charge is 2.11. The molecule has 104 valence electrons. The van der Waals surface area contributed by atoms with E-state index < -0.39 is 0 Å². The van der Waals surface area contributed by atoms with Gasteiger partial charge in [-0.15, -0.1) is 11.3 Å². The van der Waals surface area contributed by atoms with Crippen LogP contribution in [-0.2, 0) is 13.0 Å². The summed E-state index contributed by atoms with van der Waals surface area (Å²) in [6, 6.07) is 1.86. The van der Waals surface area contributed by atoms with Crippen molar-refractivity contribution in [3.8, 4) is 0 Å². The lowest BCUT2D eigenvalue weighted by atomic mass is 10.4. The highest BCUT2D eigenvalue weighted by atomic mass is 32.1. The van der Waals surface area contributed by atoms with E-state index in [1.165, 1.54) is 22.9 Å². The van der Waals surface area contributed by atoms with Crippen molar-refractivity contribution in [2.24, 2.45) is 0 Å². The van der Waals surface area contributed by atoms with E-state index in [-0.39, 0.29) is 5.56 Å². The first-order valence-corrected chi connectivity index (χ1v) is 7.83. The number of H-pyrrole nitrogens is 1. The van der Waals surface area contributed by atoms with Crippen LogP contribution in [0.25, 0.3) is 10.2 Å². The van der Waals surface area contributed by atoms with Gasteiger partial charge in [-0.2, -0.15) is 4.37 Å². The molecular weight excluding hydrogens is 294 g/mol. The van der Waals surface area contributed by atoms with Crippen molar-refractivity contribution in [2.75, 3.05) is 11.9 Å². The van der Waals surface area contributed by atoms with Crippen molar-refractivity contribution in [1.29, 1.82) is 0 Å². The number of aromatic amines is 1. The summed E-state index contributed by atoms with van der Waals surface area (Å²) in [5.74, 6) is 1.48. The summed E-state index contributed by atoms with van der Waals surface area (Å²) in [6.07, 6.45) is 0.820. The molecule has 3 heterocycles. The molecule has 0 radical (unpaired) electrons. The van der Waals surface area contributed by atoms with E-state index >= 15 is 0 Å². The van der Waals surface area contributed by atoms with Gasteiger partial charge >= 0.3 is 0 Å². The van der Waals surface area contributed by atoms with Crippen LogP contribution in [0.4, 0.5) is 5.13 Å². The Kier molecular flexibility index (Phi) is 3.49. The highest BCUT2D eigenvalue weighted by molar-refractivity contribution is 7.17. The number of aryl methyl sites for hydroxylation is 1. The number of hydrogen-bond donors (Lipinski definition) is 1. The third kappa shape index (κ3) is 2.44. The van der Waals surface area contributed by atoms with Crippen LogP contribution in [0.3, 0.4) is 0 Å². The van der Waals surface area contributed by atoms with Crippen molar-refractivity contribution in [1.82, 2.24) is 19.3 Å². The second-order valence-electron chi connectivity index (χ2n) is 4.35. The van der Waals surface area contributed by atoms with Crippen molar-refractivity contribution in [3.05, 3.63) is 33.4 Å². The van der Waals surface area contributed by atoms with Crippen LogP contribution in [0.5, 0.6) is 0 Å². The van der Waals surface area contributed by atoms with Crippen molar-refractivity contribution >= 4 is 38.2 Å². The average Bonchev–Trinajstić information content (AvgIpc) is 3.07. The molecule has 0 amide bonds. The Labute approximate surface area is 123 Å². The quantitative estimate of drug-likeness (QED) is 0.798. The lowest BCUT2D eigenvalue weighted by Gasteiger charge is -2.13. The predicted molar refractivity (Wildman–Crippen MR) is 81.6 cm³/mol. The van der Waals surface area contributed by atoms with Gasteiger partial charge in [-0.3, -0.25) is 4.79 Å². The summed E-state index contributed by atoms with van der Waals surface area (Å²) in [7, 11) is 1.91. The molecule has 0 unspecified atom stereocenters. The number of nitrogens with one attached hydrogen (secondary N) is 1.